The normalized spacial score (nSPS) is 15.2. The zero-order valence-corrected chi connectivity index (χ0v) is 20.6. The third-order valence-electron chi connectivity index (χ3n) is 7.00. The maximum Gasteiger partial charge on any atom is 0.340 e. The maximum atomic E-state index is 13.5. The molecule has 0 radical (unpaired) electrons. The summed E-state index contributed by atoms with van der Waals surface area (Å²) in [5.41, 5.74) is 3.78. The van der Waals surface area contributed by atoms with E-state index in [2.05, 4.69) is 20.3 Å². The largest absolute Gasteiger partial charge is 0.461 e. The Morgan fingerprint density at radius 2 is 1.63 bits per heavy atom. The minimum absolute atomic E-state index is 0.166. The van der Waals surface area contributed by atoms with Gasteiger partial charge in [0.05, 0.1) is 28.6 Å². The minimum atomic E-state index is -0.572. The lowest BCUT2D eigenvalue weighted by Gasteiger charge is -2.19. The predicted molar refractivity (Wildman–Crippen MR) is 141 cm³/mol. The summed E-state index contributed by atoms with van der Waals surface area (Å²) in [5.74, 6) is -1.57. The van der Waals surface area contributed by atoms with E-state index in [1.165, 1.54) is 0 Å². The molecule has 4 aromatic rings. The predicted octanol–water partition coefficient (Wildman–Crippen LogP) is 4.19. The molecule has 1 saturated heterocycles. The van der Waals surface area contributed by atoms with Crippen molar-refractivity contribution >= 4 is 23.5 Å². The molecule has 1 fully saturated rings. The third kappa shape index (κ3) is 4.37. The number of ether oxygens (including phenoxy) is 1. The van der Waals surface area contributed by atoms with Gasteiger partial charge in [-0.1, -0.05) is 42.5 Å². The topological polar surface area (TPSA) is 108 Å². The number of carbonyl (C=O) groups is 3. The number of benzene rings is 3. The second-order valence-corrected chi connectivity index (χ2v) is 9.34. The highest BCUT2D eigenvalue weighted by molar-refractivity contribution is 6.35. The van der Waals surface area contributed by atoms with Gasteiger partial charge in [0.25, 0.3) is 11.8 Å². The van der Waals surface area contributed by atoms with E-state index >= 15 is 0 Å². The first-order chi connectivity index (χ1) is 18.6. The summed E-state index contributed by atoms with van der Waals surface area (Å²) in [6, 6.07) is 19.7. The first kappa shape index (κ1) is 23.7. The number of aromatic amines is 1. The van der Waals surface area contributed by atoms with E-state index in [-0.39, 0.29) is 29.0 Å². The smallest absolute Gasteiger partial charge is 0.340 e. The van der Waals surface area contributed by atoms with Crippen molar-refractivity contribution in [1.29, 1.82) is 0 Å². The van der Waals surface area contributed by atoms with Crippen LogP contribution >= 0.6 is 0 Å². The fourth-order valence-corrected chi connectivity index (χ4v) is 5.02. The van der Waals surface area contributed by atoms with Gasteiger partial charge in [0.2, 0.25) is 0 Å². The van der Waals surface area contributed by atoms with Gasteiger partial charge in [-0.15, -0.1) is 0 Å². The first-order valence-electron chi connectivity index (χ1n) is 12.6. The van der Waals surface area contributed by atoms with Crippen LogP contribution in [0.2, 0.25) is 0 Å². The van der Waals surface area contributed by atoms with Crippen LogP contribution in [0.4, 0.5) is 5.69 Å². The summed E-state index contributed by atoms with van der Waals surface area (Å²) in [6.45, 7) is 2.88. The molecule has 1 aromatic heterocycles. The first-order valence-corrected chi connectivity index (χ1v) is 12.6. The van der Waals surface area contributed by atoms with Crippen molar-refractivity contribution in [1.82, 2.24) is 20.3 Å². The summed E-state index contributed by atoms with van der Waals surface area (Å²) in [4.78, 5) is 43.7. The van der Waals surface area contributed by atoms with E-state index in [4.69, 9.17) is 4.74 Å². The van der Waals surface area contributed by atoms with Gasteiger partial charge in [-0.25, -0.2) is 9.69 Å². The summed E-state index contributed by atoms with van der Waals surface area (Å²) in [5, 5.41) is 10.4. The molecule has 0 unspecified atom stereocenters. The number of nitrogens with one attached hydrogen (secondary N) is 1. The average Bonchev–Trinajstić information content (AvgIpc) is 3.72. The van der Waals surface area contributed by atoms with Crippen LogP contribution in [-0.4, -0.2) is 64.3 Å². The standard InChI is InChI=1S/C29H25N5O4/c35-27-22-10-8-21(25-18-30-32-31-25)17-23(22)28(36)34(27)26-11-9-20(19-6-2-1-3-7-19)16-24(26)29(37)38-15-14-33-12-4-5-13-33/h1-3,6-11,16-18H,4-5,12-15H2,(H,30,31,32). The fraction of sp³-hybridized carbons (Fsp3) is 0.207. The van der Waals surface area contributed by atoms with Crippen molar-refractivity contribution in [2.45, 2.75) is 12.8 Å². The lowest BCUT2D eigenvalue weighted by Crippen LogP contribution is -2.31. The van der Waals surface area contributed by atoms with Gasteiger partial charge in [0.15, 0.2) is 0 Å². The fourth-order valence-electron chi connectivity index (χ4n) is 5.02. The number of hydrogen-bond donors (Lipinski definition) is 1. The van der Waals surface area contributed by atoms with Gasteiger partial charge >= 0.3 is 5.97 Å². The van der Waals surface area contributed by atoms with Crippen molar-refractivity contribution in [3.8, 4) is 22.4 Å². The Morgan fingerprint density at radius 3 is 2.39 bits per heavy atom. The molecule has 0 saturated carbocycles. The summed E-state index contributed by atoms with van der Waals surface area (Å²) >= 11 is 0. The third-order valence-corrected chi connectivity index (χ3v) is 7.00. The second kappa shape index (κ2) is 10.0. The highest BCUT2D eigenvalue weighted by atomic mass is 16.5. The molecule has 2 aliphatic rings. The van der Waals surface area contributed by atoms with E-state index in [0.717, 1.165) is 42.0 Å². The van der Waals surface area contributed by atoms with Crippen molar-refractivity contribution < 1.29 is 19.1 Å². The summed E-state index contributed by atoms with van der Waals surface area (Å²) < 4.78 is 5.65. The van der Waals surface area contributed by atoms with Crippen LogP contribution in [-0.2, 0) is 4.74 Å². The number of likely N-dealkylation sites (tertiary alicyclic amines) is 1. The molecule has 2 amide bonds. The van der Waals surface area contributed by atoms with E-state index in [0.29, 0.717) is 17.8 Å². The van der Waals surface area contributed by atoms with Gasteiger partial charge in [0.1, 0.15) is 12.3 Å². The number of H-pyrrole nitrogens is 1. The van der Waals surface area contributed by atoms with E-state index < -0.39 is 17.8 Å². The van der Waals surface area contributed by atoms with Gasteiger partial charge < -0.3 is 4.74 Å². The Hall–Kier alpha value is -4.63. The molecular formula is C29H25N5O4. The molecule has 0 bridgehead atoms. The molecular weight excluding hydrogens is 482 g/mol. The summed E-state index contributed by atoms with van der Waals surface area (Å²) in [7, 11) is 0. The molecule has 0 spiro atoms. The molecule has 0 aliphatic carbocycles. The number of amides is 2. The van der Waals surface area contributed by atoms with E-state index in [1.54, 1.807) is 42.6 Å². The van der Waals surface area contributed by atoms with Crippen molar-refractivity contribution in [3.05, 3.63) is 89.6 Å². The number of hydrogen-bond acceptors (Lipinski definition) is 7. The van der Waals surface area contributed by atoms with Crippen LogP contribution in [0.1, 0.15) is 43.9 Å². The number of fused-ring (bicyclic) bond motifs is 1. The van der Waals surface area contributed by atoms with Crippen molar-refractivity contribution in [3.63, 3.8) is 0 Å². The molecule has 3 heterocycles. The van der Waals surface area contributed by atoms with Crippen molar-refractivity contribution in [2.75, 3.05) is 31.1 Å². The molecule has 3 aromatic carbocycles. The molecule has 9 nitrogen and oxygen atoms in total. The van der Waals surface area contributed by atoms with Crippen molar-refractivity contribution in [2.24, 2.45) is 0 Å². The number of nitrogens with zero attached hydrogens (tertiary/aromatic N) is 4. The molecule has 2 aliphatic heterocycles. The summed E-state index contributed by atoms with van der Waals surface area (Å²) in [6.07, 6.45) is 3.84. The molecule has 6 rings (SSSR count). The maximum absolute atomic E-state index is 13.5. The molecule has 9 heteroatoms. The second-order valence-electron chi connectivity index (χ2n) is 9.34. The van der Waals surface area contributed by atoms with Crippen LogP contribution in [0, 0.1) is 0 Å². The van der Waals surface area contributed by atoms with Gasteiger partial charge in [-0.3, -0.25) is 14.5 Å². The number of imide groups is 1. The van der Waals surface area contributed by atoms with Gasteiger partial charge in [-0.2, -0.15) is 15.4 Å². The zero-order chi connectivity index (χ0) is 26.1. The van der Waals surface area contributed by atoms with Crippen LogP contribution in [0.3, 0.4) is 0 Å². The monoisotopic (exact) mass is 507 g/mol. The highest BCUT2D eigenvalue weighted by Crippen LogP contribution is 2.35. The molecule has 190 valence electrons. The number of carbonyl (C=O) groups excluding carboxylic acids is 3. The Morgan fingerprint density at radius 1 is 0.868 bits per heavy atom. The van der Waals surface area contributed by atoms with Gasteiger partial charge in [-0.05, 0) is 61.3 Å². The number of rotatable bonds is 7. The highest BCUT2D eigenvalue weighted by Gasteiger charge is 2.39. The van der Waals surface area contributed by atoms with Crippen LogP contribution in [0.5, 0.6) is 0 Å². The van der Waals surface area contributed by atoms with Crippen LogP contribution < -0.4 is 4.90 Å². The van der Waals surface area contributed by atoms with Gasteiger partial charge in [0, 0.05) is 12.1 Å². The Balaban J connectivity index is 1.34. The average molecular weight is 508 g/mol. The quantitative estimate of drug-likeness (QED) is 0.295. The van der Waals surface area contributed by atoms with Crippen LogP contribution in [0.15, 0.2) is 72.9 Å². The lowest BCUT2D eigenvalue weighted by molar-refractivity contribution is 0.0473. The van der Waals surface area contributed by atoms with E-state index in [1.807, 2.05) is 30.3 Å². The number of anilines is 1. The molecule has 0 atom stereocenters. The number of aromatic nitrogens is 3. The Kier molecular flexibility index (Phi) is 6.27. The number of esters is 1. The Labute approximate surface area is 219 Å². The van der Waals surface area contributed by atoms with Crippen LogP contribution in [0.25, 0.3) is 22.4 Å². The molecule has 1 N–H and O–H groups in total. The minimum Gasteiger partial charge on any atom is -0.461 e. The lowest BCUT2D eigenvalue weighted by atomic mass is 10.0. The molecule has 38 heavy (non-hydrogen) atoms. The Bertz CT molecular complexity index is 1510. The van der Waals surface area contributed by atoms with E-state index in [9.17, 15) is 14.4 Å². The zero-order valence-electron chi connectivity index (χ0n) is 20.6. The SMILES string of the molecule is O=C(OCCN1CCCC1)c1cc(-c2ccccc2)ccc1N1C(=O)c2ccc(-c3cn[nH]n3)cc2C1=O.